The number of carbonyl (C=O) groups excluding carboxylic acids is 1. The standard InChI is InChI=1S/C20H19N7O2S/c1-3-4-16-19(30-26-25-16)20(28)24-14-5-7-15(8-6-14)29-18-11-17(22-12-23-18)27-10-9-21-13(27)2/h5-12H,3-4H2,1-2H3,(H,24,28). The summed E-state index contributed by atoms with van der Waals surface area (Å²) in [5.41, 5.74) is 1.38. The van der Waals surface area contributed by atoms with Gasteiger partial charge in [0.05, 0.1) is 5.69 Å². The van der Waals surface area contributed by atoms with E-state index >= 15 is 0 Å². The summed E-state index contributed by atoms with van der Waals surface area (Å²) in [7, 11) is 0. The summed E-state index contributed by atoms with van der Waals surface area (Å²) in [6, 6.07) is 8.79. The number of benzene rings is 1. The molecule has 0 aliphatic heterocycles. The lowest BCUT2D eigenvalue weighted by atomic mass is 10.2. The van der Waals surface area contributed by atoms with Crippen LogP contribution in [0.1, 0.15) is 34.5 Å². The molecule has 152 valence electrons. The Kier molecular flexibility index (Phi) is 5.75. The van der Waals surface area contributed by atoms with Crippen LogP contribution in [-0.2, 0) is 6.42 Å². The van der Waals surface area contributed by atoms with Gasteiger partial charge in [0, 0.05) is 24.1 Å². The molecule has 0 saturated heterocycles. The summed E-state index contributed by atoms with van der Waals surface area (Å²) >= 11 is 1.10. The zero-order valence-corrected chi connectivity index (χ0v) is 17.3. The van der Waals surface area contributed by atoms with Crippen LogP contribution in [0.2, 0.25) is 0 Å². The number of ether oxygens (including phenoxy) is 1. The van der Waals surface area contributed by atoms with E-state index < -0.39 is 0 Å². The Labute approximate surface area is 177 Å². The molecule has 0 spiro atoms. The molecule has 10 heteroatoms. The van der Waals surface area contributed by atoms with Gasteiger partial charge in [-0.05, 0) is 49.1 Å². The number of amides is 1. The van der Waals surface area contributed by atoms with E-state index in [-0.39, 0.29) is 5.91 Å². The van der Waals surface area contributed by atoms with Gasteiger partial charge in [0.15, 0.2) is 0 Å². The smallest absolute Gasteiger partial charge is 0.269 e. The second-order valence-electron chi connectivity index (χ2n) is 6.44. The lowest BCUT2D eigenvalue weighted by Crippen LogP contribution is -2.12. The molecule has 0 aliphatic carbocycles. The highest BCUT2D eigenvalue weighted by molar-refractivity contribution is 7.08. The molecular formula is C20H19N7O2S. The number of carbonyl (C=O) groups is 1. The third-order valence-corrected chi connectivity index (χ3v) is 5.05. The fourth-order valence-electron chi connectivity index (χ4n) is 2.83. The number of aryl methyl sites for hydroxylation is 2. The number of anilines is 1. The number of aromatic nitrogens is 6. The number of nitrogens with zero attached hydrogens (tertiary/aromatic N) is 6. The summed E-state index contributed by atoms with van der Waals surface area (Å²) in [5.74, 6) is 2.27. The molecule has 0 fully saturated rings. The molecule has 4 rings (SSSR count). The van der Waals surface area contributed by atoms with Crippen molar-refractivity contribution in [3.8, 4) is 17.4 Å². The zero-order valence-electron chi connectivity index (χ0n) is 16.4. The van der Waals surface area contributed by atoms with E-state index in [4.69, 9.17) is 4.74 Å². The third-order valence-electron chi connectivity index (χ3n) is 4.28. The van der Waals surface area contributed by atoms with Crippen molar-refractivity contribution in [3.05, 3.63) is 65.4 Å². The van der Waals surface area contributed by atoms with Crippen molar-refractivity contribution in [1.29, 1.82) is 0 Å². The topological polar surface area (TPSA) is 108 Å². The number of hydrogen-bond donors (Lipinski definition) is 1. The van der Waals surface area contributed by atoms with Crippen molar-refractivity contribution in [2.24, 2.45) is 0 Å². The van der Waals surface area contributed by atoms with Crippen LogP contribution >= 0.6 is 11.5 Å². The number of hydrogen-bond acceptors (Lipinski definition) is 8. The van der Waals surface area contributed by atoms with Crippen molar-refractivity contribution in [2.75, 3.05) is 5.32 Å². The lowest BCUT2D eigenvalue weighted by Gasteiger charge is -2.09. The van der Waals surface area contributed by atoms with Crippen LogP contribution in [0.3, 0.4) is 0 Å². The average Bonchev–Trinajstić information content (AvgIpc) is 3.39. The second kappa shape index (κ2) is 8.78. The lowest BCUT2D eigenvalue weighted by molar-refractivity contribution is 0.102. The van der Waals surface area contributed by atoms with E-state index in [1.54, 1.807) is 36.5 Å². The third kappa shape index (κ3) is 4.33. The predicted octanol–water partition coefficient (Wildman–Crippen LogP) is 3.82. The highest BCUT2D eigenvalue weighted by Crippen LogP contribution is 2.23. The fourth-order valence-corrected chi connectivity index (χ4v) is 3.44. The molecule has 1 N–H and O–H groups in total. The largest absolute Gasteiger partial charge is 0.439 e. The summed E-state index contributed by atoms with van der Waals surface area (Å²) in [6.07, 6.45) is 6.60. The van der Waals surface area contributed by atoms with Crippen LogP contribution in [0, 0.1) is 6.92 Å². The molecule has 0 atom stereocenters. The number of nitrogens with one attached hydrogen (secondary N) is 1. The van der Waals surface area contributed by atoms with E-state index in [1.165, 1.54) is 6.33 Å². The zero-order chi connectivity index (χ0) is 20.9. The Morgan fingerprint density at radius 1 is 1.20 bits per heavy atom. The molecule has 3 heterocycles. The fraction of sp³-hybridized carbons (Fsp3) is 0.200. The van der Waals surface area contributed by atoms with Crippen molar-refractivity contribution in [1.82, 2.24) is 29.1 Å². The van der Waals surface area contributed by atoms with Crippen molar-refractivity contribution in [3.63, 3.8) is 0 Å². The summed E-state index contributed by atoms with van der Waals surface area (Å²) in [5, 5.41) is 6.90. The van der Waals surface area contributed by atoms with Crippen molar-refractivity contribution in [2.45, 2.75) is 26.7 Å². The summed E-state index contributed by atoms with van der Waals surface area (Å²) < 4.78 is 11.6. The molecule has 3 aromatic heterocycles. The highest BCUT2D eigenvalue weighted by Gasteiger charge is 2.16. The van der Waals surface area contributed by atoms with Gasteiger partial charge in [0.25, 0.3) is 5.91 Å². The van der Waals surface area contributed by atoms with Crippen molar-refractivity contribution < 1.29 is 9.53 Å². The van der Waals surface area contributed by atoms with Gasteiger partial charge >= 0.3 is 0 Å². The summed E-state index contributed by atoms with van der Waals surface area (Å²) in [6.45, 7) is 3.93. The molecule has 4 aromatic rings. The first kappa shape index (κ1) is 19.6. The van der Waals surface area contributed by atoms with Crippen LogP contribution in [0.15, 0.2) is 49.1 Å². The van der Waals surface area contributed by atoms with Crippen LogP contribution < -0.4 is 10.1 Å². The highest BCUT2D eigenvalue weighted by atomic mass is 32.1. The minimum absolute atomic E-state index is 0.210. The second-order valence-corrected chi connectivity index (χ2v) is 7.19. The molecule has 0 saturated carbocycles. The summed E-state index contributed by atoms with van der Waals surface area (Å²) in [4.78, 5) is 25.6. The van der Waals surface area contributed by atoms with Crippen molar-refractivity contribution >= 4 is 23.1 Å². The van der Waals surface area contributed by atoms with Gasteiger partial charge in [-0.1, -0.05) is 17.8 Å². The maximum atomic E-state index is 12.5. The van der Waals surface area contributed by atoms with E-state index in [2.05, 4.69) is 29.9 Å². The molecule has 0 radical (unpaired) electrons. The Morgan fingerprint density at radius 2 is 2.03 bits per heavy atom. The van der Waals surface area contributed by atoms with Gasteiger partial charge in [0.2, 0.25) is 5.88 Å². The Hall–Kier alpha value is -3.66. The van der Waals surface area contributed by atoms with E-state index in [0.29, 0.717) is 28.0 Å². The van der Waals surface area contributed by atoms with Gasteiger partial charge in [-0.25, -0.2) is 15.0 Å². The van der Waals surface area contributed by atoms with Crippen LogP contribution in [-0.4, -0.2) is 35.0 Å². The van der Waals surface area contributed by atoms with Gasteiger partial charge in [0.1, 0.15) is 28.6 Å². The normalized spacial score (nSPS) is 10.7. The van der Waals surface area contributed by atoms with Crippen LogP contribution in [0.5, 0.6) is 11.6 Å². The predicted molar refractivity (Wildman–Crippen MR) is 112 cm³/mol. The molecule has 30 heavy (non-hydrogen) atoms. The maximum Gasteiger partial charge on any atom is 0.269 e. The molecule has 0 unspecified atom stereocenters. The monoisotopic (exact) mass is 421 g/mol. The Bertz CT molecular complexity index is 1150. The molecule has 1 amide bonds. The molecule has 9 nitrogen and oxygen atoms in total. The van der Waals surface area contributed by atoms with Crippen LogP contribution in [0.25, 0.3) is 5.82 Å². The molecule has 0 aliphatic rings. The quantitative estimate of drug-likeness (QED) is 0.483. The van der Waals surface area contributed by atoms with Crippen LogP contribution in [0.4, 0.5) is 5.69 Å². The minimum Gasteiger partial charge on any atom is -0.439 e. The molecular weight excluding hydrogens is 402 g/mol. The first-order valence-corrected chi connectivity index (χ1v) is 10.1. The first-order chi connectivity index (χ1) is 14.6. The average molecular weight is 421 g/mol. The Balaban J connectivity index is 1.44. The SMILES string of the molecule is CCCc1nnsc1C(=O)Nc1ccc(Oc2cc(-n3ccnc3C)ncn2)cc1. The van der Waals surface area contributed by atoms with Gasteiger partial charge < -0.3 is 10.1 Å². The van der Waals surface area contributed by atoms with Gasteiger partial charge in [-0.3, -0.25) is 9.36 Å². The van der Waals surface area contributed by atoms with Gasteiger partial charge in [-0.2, -0.15) is 0 Å². The first-order valence-electron chi connectivity index (χ1n) is 9.37. The van der Waals surface area contributed by atoms with Gasteiger partial charge in [-0.15, -0.1) is 5.10 Å². The number of imidazole rings is 1. The molecule has 0 bridgehead atoms. The maximum absolute atomic E-state index is 12.5. The molecule has 1 aromatic carbocycles. The number of rotatable bonds is 7. The van der Waals surface area contributed by atoms with E-state index in [9.17, 15) is 4.79 Å². The minimum atomic E-state index is -0.210. The van der Waals surface area contributed by atoms with E-state index in [1.807, 2.05) is 24.6 Å². The Morgan fingerprint density at radius 3 is 2.77 bits per heavy atom. The van der Waals surface area contributed by atoms with E-state index in [0.717, 1.165) is 35.9 Å².